The molecular formula is C17H21NO4. The number of hydrogen-bond acceptors (Lipinski definition) is 3. The standard InChI is InChI=1S/C17H21NO4/c1-9(2)18-8-14(17(20)21)16(19)13-7-12(22-10(3)4)6-11(5)15(13)18/h6-10H,1-5H3,(H,20,21). The first-order valence-corrected chi connectivity index (χ1v) is 7.31. The van der Waals surface area contributed by atoms with Crippen molar-refractivity contribution in [2.24, 2.45) is 0 Å². The Kier molecular flexibility index (Phi) is 4.26. The molecule has 1 heterocycles. The van der Waals surface area contributed by atoms with Crippen LogP contribution >= 0.6 is 0 Å². The fourth-order valence-corrected chi connectivity index (χ4v) is 2.57. The maximum atomic E-state index is 12.5. The molecule has 1 N–H and O–H groups in total. The van der Waals surface area contributed by atoms with Crippen molar-refractivity contribution >= 4 is 16.9 Å². The number of benzene rings is 1. The number of aromatic nitrogens is 1. The fraction of sp³-hybridized carbons (Fsp3) is 0.412. The van der Waals surface area contributed by atoms with Crippen molar-refractivity contribution in [3.05, 3.63) is 39.7 Å². The van der Waals surface area contributed by atoms with Crippen LogP contribution in [-0.4, -0.2) is 21.7 Å². The van der Waals surface area contributed by atoms with Gasteiger partial charge in [-0.3, -0.25) is 4.79 Å². The first-order chi connectivity index (χ1) is 10.2. The summed E-state index contributed by atoms with van der Waals surface area (Å²) in [5.41, 5.74) is 0.941. The van der Waals surface area contributed by atoms with Crippen LogP contribution in [0.1, 0.15) is 49.7 Å². The smallest absolute Gasteiger partial charge is 0.341 e. The molecule has 0 saturated carbocycles. The van der Waals surface area contributed by atoms with Crippen LogP contribution in [0, 0.1) is 6.92 Å². The van der Waals surface area contributed by atoms with Crippen LogP contribution in [-0.2, 0) is 0 Å². The van der Waals surface area contributed by atoms with Crippen molar-refractivity contribution in [3.8, 4) is 5.75 Å². The van der Waals surface area contributed by atoms with Crippen molar-refractivity contribution in [1.29, 1.82) is 0 Å². The second-order valence-electron chi connectivity index (χ2n) is 5.98. The van der Waals surface area contributed by atoms with E-state index in [9.17, 15) is 14.7 Å². The highest BCUT2D eigenvalue weighted by atomic mass is 16.5. The van der Waals surface area contributed by atoms with Gasteiger partial charge in [0.25, 0.3) is 0 Å². The third-order valence-corrected chi connectivity index (χ3v) is 3.45. The Labute approximate surface area is 129 Å². The number of pyridine rings is 1. The highest BCUT2D eigenvalue weighted by Gasteiger charge is 2.18. The third-order valence-electron chi connectivity index (χ3n) is 3.45. The molecule has 1 aromatic heterocycles. The molecule has 0 fully saturated rings. The van der Waals surface area contributed by atoms with Gasteiger partial charge in [0.1, 0.15) is 11.3 Å². The normalized spacial score (nSPS) is 11.4. The van der Waals surface area contributed by atoms with Crippen molar-refractivity contribution in [2.45, 2.75) is 46.8 Å². The lowest BCUT2D eigenvalue weighted by molar-refractivity contribution is 0.0694. The van der Waals surface area contributed by atoms with Gasteiger partial charge in [0.05, 0.1) is 17.0 Å². The van der Waals surface area contributed by atoms with Crippen molar-refractivity contribution < 1.29 is 14.6 Å². The van der Waals surface area contributed by atoms with E-state index in [4.69, 9.17) is 4.74 Å². The number of rotatable bonds is 4. The van der Waals surface area contributed by atoms with Gasteiger partial charge in [-0.2, -0.15) is 0 Å². The average molecular weight is 303 g/mol. The molecule has 0 saturated heterocycles. The van der Waals surface area contributed by atoms with Crippen LogP contribution in [0.15, 0.2) is 23.1 Å². The van der Waals surface area contributed by atoms with Gasteiger partial charge in [-0.05, 0) is 52.3 Å². The summed E-state index contributed by atoms with van der Waals surface area (Å²) in [4.78, 5) is 23.8. The minimum absolute atomic E-state index is 0.0215. The molecule has 0 radical (unpaired) electrons. The number of carboxylic acids is 1. The summed E-state index contributed by atoms with van der Waals surface area (Å²) in [7, 11) is 0. The molecule has 0 aliphatic carbocycles. The van der Waals surface area contributed by atoms with Crippen LogP contribution in [0.5, 0.6) is 5.75 Å². The fourth-order valence-electron chi connectivity index (χ4n) is 2.57. The Morgan fingerprint density at radius 3 is 2.36 bits per heavy atom. The van der Waals surface area contributed by atoms with Gasteiger partial charge < -0.3 is 14.4 Å². The van der Waals surface area contributed by atoms with Gasteiger partial charge in [0.15, 0.2) is 0 Å². The van der Waals surface area contributed by atoms with Crippen LogP contribution in [0.25, 0.3) is 10.9 Å². The van der Waals surface area contributed by atoms with E-state index < -0.39 is 11.4 Å². The quantitative estimate of drug-likeness (QED) is 0.940. The summed E-state index contributed by atoms with van der Waals surface area (Å²) < 4.78 is 7.49. The number of carbonyl (C=O) groups is 1. The second-order valence-corrected chi connectivity index (χ2v) is 5.98. The van der Waals surface area contributed by atoms with Crippen LogP contribution < -0.4 is 10.2 Å². The number of fused-ring (bicyclic) bond motifs is 1. The van der Waals surface area contributed by atoms with Crippen molar-refractivity contribution in [1.82, 2.24) is 4.57 Å². The number of aryl methyl sites for hydroxylation is 1. The first kappa shape index (κ1) is 16.1. The Hall–Kier alpha value is -2.30. The molecular weight excluding hydrogens is 282 g/mol. The Bertz CT molecular complexity index is 787. The molecule has 0 spiro atoms. The zero-order valence-corrected chi connectivity index (χ0v) is 13.5. The predicted octanol–water partition coefficient (Wildman–Crippen LogP) is 3.38. The average Bonchev–Trinajstić information content (AvgIpc) is 2.38. The summed E-state index contributed by atoms with van der Waals surface area (Å²) in [5, 5.41) is 9.65. The summed E-state index contributed by atoms with van der Waals surface area (Å²) in [6, 6.07) is 3.55. The molecule has 5 heteroatoms. The molecule has 0 bridgehead atoms. The van der Waals surface area contributed by atoms with Gasteiger partial charge in [-0.1, -0.05) is 0 Å². The van der Waals surface area contributed by atoms with E-state index in [0.717, 1.165) is 11.1 Å². The summed E-state index contributed by atoms with van der Waals surface area (Å²) in [6.07, 6.45) is 1.40. The van der Waals surface area contributed by atoms with Crippen molar-refractivity contribution in [3.63, 3.8) is 0 Å². The molecule has 0 atom stereocenters. The number of hydrogen-bond donors (Lipinski definition) is 1. The van der Waals surface area contributed by atoms with Gasteiger partial charge in [0.2, 0.25) is 5.43 Å². The van der Waals surface area contributed by atoms with Crippen LogP contribution in [0.3, 0.4) is 0 Å². The predicted molar refractivity (Wildman–Crippen MR) is 86.1 cm³/mol. The van der Waals surface area contributed by atoms with Crippen LogP contribution in [0.2, 0.25) is 0 Å². The first-order valence-electron chi connectivity index (χ1n) is 7.31. The van der Waals surface area contributed by atoms with Crippen LogP contribution in [0.4, 0.5) is 0 Å². The Morgan fingerprint density at radius 1 is 1.23 bits per heavy atom. The summed E-state index contributed by atoms with van der Waals surface area (Å²) in [6.45, 7) is 9.61. The molecule has 1 aromatic carbocycles. The maximum Gasteiger partial charge on any atom is 0.341 e. The molecule has 5 nitrogen and oxygen atoms in total. The van der Waals surface area contributed by atoms with Gasteiger partial charge in [0, 0.05) is 12.2 Å². The highest BCUT2D eigenvalue weighted by molar-refractivity contribution is 5.94. The lowest BCUT2D eigenvalue weighted by atomic mass is 10.1. The molecule has 118 valence electrons. The maximum absolute atomic E-state index is 12.5. The zero-order valence-electron chi connectivity index (χ0n) is 13.5. The van der Waals surface area contributed by atoms with E-state index >= 15 is 0 Å². The second kappa shape index (κ2) is 5.83. The zero-order chi connectivity index (χ0) is 16.6. The van der Waals surface area contributed by atoms with E-state index in [1.807, 2.05) is 45.3 Å². The van der Waals surface area contributed by atoms with Crippen molar-refractivity contribution in [2.75, 3.05) is 0 Å². The molecule has 2 rings (SSSR count). The summed E-state index contributed by atoms with van der Waals surface area (Å²) >= 11 is 0. The van der Waals surface area contributed by atoms with E-state index in [-0.39, 0.29) is 17.7 Å². The monoisotopic (exact) mass is 303 g/mol. The topological polar surface area (TPSA) is 68.5 Å². The minimum Gasteiger partial charge on any atom is -0.491 e. The molecule has 2 aromatic rings. The largest absolute Gasteiger partial charge is 0.491 e. The SMILES string of the molecule is Cc1cc(OC(C)C)cc2c(=O)c(C(=O)O)cn(C(C)C)c12. The number of carboxylic acid groups (broad SMARTS) is 1. The molecule has 0 aliphatic rings. The molecule has 0 amide bonds. The Morgan fingerprint density at radius 2 is 1.86 bits per heavy atom. The van der Waals surface area contributed by atoms with E-state index in [0.29, 0.717) is 11.1 Å². The van der Waals surface area contributed by atoms with E-state index in [2.05, 4.69) is 0 Å². The number of nitrogens with zero attached hydrogens (tertiary/aromatic N) is 1. The minimum atomic E-state index is -1.21. The van der Waals surface area contributed by atoms with E-state index in [1.165, 1.54) is 6.20 Å². The number of ether oxygens (including phenoxy) is 1. The molecule has 0 unspecified atom stereocenters. The third kappa shape index (κ3) is 2.84. The highest BCUT2D eigenvalue weighted by Crippen LogP contribution is 2.26. The number of aromatic carboxylic acids is 1. The molecule has 22 heavy (non-hydrogen) atoms. The summed E-state index contributed by atoms with van der Waals surface area (Å²) in [5.74, 6) is -0.635. The van der Waals surface area contributed by atoms with Gasteiger partial charge in [-0.15, -0.1) is 0 Å². The van der Waals surface area contributed by atoms with Gasteiger partial charge >= 0.3 is 5.97 Å². The lowest BCUT2D eigenvalue weighted by Crippen LogP contribution is -2.20. The molecule has 0 aliphatic heterocycles. The van der Waals surface area contributed by atoms with E-state index in [1.54, 1.807) is 6.07 Å². The van der Waals surface area contributed by atoms with Gasteiger partial charge in [-0.25, -0.2) is 4.79 Å². The lowest BCUT2D eigenvalue weighted by Gasteiger charge is -2.19. The Balaban J connectivity index is 2.89.